The largest absolute Gasteiger partial charge is 0.334 e. The quantitative estimate of drug-likeness (QED) is 0.267. The first-order chi connectivity index (χ1) is 15.1. The summed E-state index contributed by atoms with van der Waals surface area (Å²) in [7, 11) is 0. The lowest BCUT2D eigenvalue weighted by atomic mass is 9.98. The number of para-hydroxylation sites is 1. The third kappa shape index (κ3) is 4.36. The van der Waals surface area contributed by atoms with Gasteiger partial charge in [0.2, 0.25) is 0 Å². The molecule has 1 aromatic heterocycles. The summed E-state index contributed by atoms with van der Waals surface area (Å²) >= 11 is 0. The van der Waals surface area contributed by atoms with Crippen molar-refractivity contribution in [2.45, 2.75) is 39.5 Å². The van der Waals surface area contributed by atoms with Crippen LogP contribution in [0.2, 0.25) is 0 Å². The van der Waals surface area contributed by atoms with Crippen LogP contribution in [0.5, 0.6) is 0 Å². The maximum absolute atomic E-state index is 14.6. The molecule has 0 aliphatic heterocycles. The number of oxime groups is 1. The van der Waals surface area contributed by atoms with Crippen molar-refractivity contribution in [2.75, 3.05) is 0 Å². The van der Waals surface area contributed by atoms with Crippen LogP contribution in [0, 0.1) is 6.92 Å². The number of hydrogen-bond acceptors (Lipinski definition) is 3. The number of fused-ring (bicyclic) bond motifs is 1. The SMILES string of the molecule is CCC(=O)O/N=C(\Cc1ccccc1C)c1cn(C2=C(F)C=CCC2)c2ccccc12. The molecule has 0 radical (unpaired) electrons. The normalized spacial score (nSPS) is 14.4. The second-order valence-electron chi connectivity index (χ2n) is 7.62. The maximum Gasteiger partial charge on any atom is 0.334 e. The molecule has 31 heavy (non-hydrogen) atoms. The van der Waals surface area contributed by atoms with E-state index in [1.165, 1.54) is 6.08 Å². The van der Waals surface area contributed by atoms with Crippen LogP contribution in [0.1, 0.15) is 42.9 Å². The van der Waals surface area contributed by atoms with Gasteiger partial charge in [-0.05, 0) is 43.0 Å². The van der Waals surface area contributed by atoms with Crippen molar-refractivity contribution >= 4 is 28.3 Å². The Hall–Kier alpha value is -3.47. The topological polar surface area (TPSA) is 43.6 Å². The molecule has 1 heterocycles. The first kappa shape index (κ1) is 20.8. The lowest BCUT2D eigenvalue weighted by Crippen LogP contribution is -2.09. The highest BCUT2D eigenvalue weighted by molar-refractivity contribution is 6.12. The van der Waals surface area contributed by atoms with Gasteiger partial charge in [0.05, 0.1) is 16.9 Å². The molecule has 0 spiro atoms. The summed E-state index contributed by atoms with van der Waals surface area (Å²) in [5, 5.41) is 5.20. The Morgan fingerprint density at radius 2 is 1.94 bits per heavy atom. The molecule has 0 atom stereocenters. The van der Waals surface area contributed by atoms with Gasteiger partial charge in [-0.15, -0.1) is 0 Å². The van der Waals surface area contributed by atoms with Crippen LogP contribution in [0.15, 0.2) is 77.9 Å². The highest BCUT2D eigenvalue weighted by Gasteiger charge is 2.20. The average molecular weight is 416 g/mol. The highest BCUT2D eigenvalue weighted by atomic mass is 19.1. The van der Waals surface area contributed by atoms with E-state index in [1.54, 1.807) is 6.92 Å². The van der Waals surface area contributed by atoms with Gasteiger partial charge in [-0.3, -0.25) is 0 Å². The summed E-state index contributed by atoms with van der Waals surface area (Å²) in [6, 6.07) is 15.9. The predicted octanol–water partition coefficient (Wildman–Crippen LogP) is 6.34. The molecule has 4 rings (SSSR count). The molecule has 4 nitrogen and oxygen atoms in total. The zero-order chi connectivity index (χ0) is 21.8. The van der Waals surface area contributed by atoms with E-state index >= 15 is 0 Å². The fourth-order valence-electron chi connectivity index (χ4n) is 3.83. The van der Waals surface area contributed by atoms with Gasteiger partial charge in [-0.1, -0.05) is 60.6 Å². The monoisotopic (exact) mass is 416 g/mol. The van der Waals surface area contributed by atoms with Crippen LogP contribution in [-0.4, -0.2) is 16.2 Å². The number of carbonyl (C=O) groups is 1. The van der Waals surface area contributed by atoms with Crippen molar-refractivity contribution in [1.29, 1.82) is 0 Å². The Labute approximate surface area is 181 Å². The van der Waals surface area contributed by atoms with Gasteiger partial charge < -0.3 is 9.40 Å². The molecule has 158 valence electrons. The summed E-state index contributed by atoms with van der Waals surface area (Å²) in [6.45, 7) is 3.78. The van der Waals surface area contributed by atoms with Crippen molar-refractivity contribution in [3.8, 4) is 0 Å². The van der Waals surface area contributed by atoms with E-state index in [0.29, 0.717) is 24.3 Å². The third-order valence-electron chi connectivity index (χ3n) is 5.57. The van der Waals surface area contributed by atoms with Gasteiger partial charge in [0.1, 0.15) is 5.83 Å². The second-order valence-corrected chi connectivity index (χ2v) is 7.62. The van der Waals surface area contributed by atoms with Crippen LogP contribution >= 0.6 is 0 Å². The summed E-state index contributed by atoms with van der Waals surface area (Å²) < 4.78 is 16.5. The number of rotatable bonds is 6. The summed E-state index contributed by atoms with van der Waals surface area (Å²) in [5.41, 5.74) is 5.22. The Morgan fingerprint density at radius 3 is 2.71 bits per heavy atom. The summed E-state index contributed by atoms with van der Waals surface area (Å²) in [6.07, 6.45) is 7.44. The number of carbonyl (C=O) groups excluding carboxylic acids is 1. The van der Waals surface area contributed by atoms with E-state index in [0.717, 1.165) is 34.0 Å². The number of aromatic nitrogens is 1. The molecular formula is C26H25FN2O2. The fourth-order valence-corrected chi connectivity index (χ4v) is 3.83. The maximum atomic E-state index is 14.6. The van der Waals surface area contributed by atoms with Gasteiger partial charge in [-0.25, -0.2) is 9.18 Å². The number of nitrogens with zero attached hydrogens (tertiary/aromatic N) is 2. The van der Waals surface area contributed by atoms with Gasteiger partial charge in [0.25, 0.3) is 0 Å². The predicted molar refractivity (Wildman–Crippen MR) is 122 cm³/mol. The smallest absolute Gasteiger partial charge is 0.318 e. The Bertz CT molecular complexity index is 1220. The van der Waals surface area contributed by atoms with Crippen LogP contribution in [0.25, 0.3) is 16.6 Å². The fraction of sp³-hybridized carbons (Fsp3) is 0.231. The number of aryl methyl sites for hydroxylation is 1. The third-order valence-corrected chi connectivity index (χ3v) is 5.57. The highest BCUT2D eigenvalue weighted by Crippen LogP contribution is 2.32. The minimum atomic E-state index is -0.391. The molecule has 3 aromatic rings. The van der Waals surface area contributed by atoms with Crippen molar-refractivity contribution in [3.63, 3.8) is 0 Å². The van der Waals surface area contributed by atoms with E-state index in [2.05, 4.69) is 5.16 Å². The number of benzene rings is 2. The van der Waals surface area contributed by atoms with Crippen molar-refractivity contribution in [2.24, 2.45) is 5.16 Å². The van der Waals surface area contributed by atoms with E-state index in [-0.39, 0.29) is 12.2 Å². The van der Waals surface area contributed by atoms with Crippen molar-refractivity contribution < 1.29 is 14.0 Å². The average Bonchev–Trinajstić information content (AvgIpc) is 3.17. The molecule has 0 bridgehead atoms. The molecule has 0 unspecified atom stereocenters. The van der Waals surface area contributed by atoms with Gasteiger partial charge in [0.15, 0.2) is 0 Å². The second kappa shape index (κ2) is 9.13. The summed E-state index contributed by atoms with van der Waals surface area (Å²) in [5.74, 6) is -0.620. The zero-order valence-electron chi connectivity index (χ0n) is 17.8. The molecule has 1 aliphatic carbocycles. The van der Waals surface area contributed by atoms with Gasteiger partial charge in [-0.2, -0.15) is 0 Å². The first-order valence-electron chi connectivity index (χ1n) is 10.6. The van der Waals surface area contributed by atoms with Crippen LogP contribution in [-0.2, 0) is 16.1 Å². The Balaban J connectivity index is 1.86. The Morgan fingerprint density at radius 1 is 1.16 bits per heavy atom. The van der Waals surface area contributed by atoms with Crippen molar-refractivity contribution in [1.82, 2.24) is 4.57 Å². The summed E-state index contributed by atoms with van der Waals surface area (Å²) in [4.78, 5) is 17.0. The standard InChI is InChI=1S/C26H25FN2O2/c1-3-26(30)31-28-23(16-19-11-5-4-10-18(19)2)21-17-29(24-14-8-6-12-20(21)24)25-15-9-7-13-22(25)27/h4-8,10-14,17H,3,9,15-16H2,1-2H3/b28-23+. The molecule has 0 saturated heterocycles. The van der Waals surface area contributed by atoms with E-state index in [4.69, 9.17) is 4.84 Å². The molecule has 2 aromatic carbocycles. The first-order valence-corrected chi connectivity index (χ1v) is 10.6. The lowest BCUT2D eigenvalue weighted by molar-refractivity contribution is -0.143. The Kier molecular flexibility index (Phi) is 6.12. The minimum absolute atomic E-state index is 0.228. The molecular weight excluding hydrogens is 391 g/mol. The molecule has 0 N–H and O–H groups in total. The lowest BCUT2D eigenvalue weighted by Gasteiger charge is -2.13. The number of halogens is 1. The zero-order valence-corrected chi connectivity index (χ0v) is 17.8. The molecule has 5 heteroatoms. The molecule has 0 saturated carbocycles. The van der Waals surface area contributed by atoms with Crippen LogP contribution < -0.4 is 0 Å². The van der Waals surface area contributed by atoms with Crippen molar-refractivity contribution in [3.05, 3.63) is 89.4 Å². The van der Waals surface area contributed by atoms with E-state index < -0.39 is 5.97 Å². The molecule has 0 amide bonds. The number of hydrogen-bond donors (Lipinski definition) is 0. The molecule has 1 aliphatic rings. The molecule has 0 fully saturated rings. The van der Waals surface area contributed by atoms with E-state index in [1.807, 2.05) is 72.3 Å². The van der Waals surface area contributed by atoms with Crippen LogP contribution in [0.3, 0.4) is 0 Å². The van der Waals surface area contributed by atoms with Gasteiger partial charge >= 0.3 is 5.97 Å². The number of allylic oxidation sites excluding steroid dienone is 4. The van der Waals surface area contributed by atoms with Gasteiger partial charge in [0, 0.05) is 30.0 Å². The minimum Gasteiger partial charge on any atom is -0.318 e. The van der Waals surface area contributed by atoms with E-state index in [9.17, 15) is 9.18 Å². The van der Waals surface area contributed by atoms with Crippen LogP contribution in [0.4, 0.5) is 4.39 Å².